The van der Waals surface area contributed by atoms with Crippen molar-refractivity contribution in [1.82, 2.24) is 30.0 Å². The maximum atomic E-state index is 5.92. The lowest BCUT2D eigenvalue weighted by molar-refractivity contribution is 0.278. The van der Waals surface area contributed by atoms with E-state index < -0.39 is 0 Å². The number of hydrogen-bond donors (Lipinski definition) is 2. The van der Waals surface area contributed by atoms with Crippen molar-refractivity contribution in [1.29, 1.82) is 0 Å². The number of aryl methyl sites for hydroxylation is 1. The summed E-state index contributed by atoms with van der Waals surface area (Å²) in [5.74, 6) is 3.15. The highest BCUT2D eigenvalue weighted by Crippen LogP contribution is 2.28. The van der Waals surface area contributed by atoms with Crippen LogP contribution in [0.2, 0.25) is 0 Å². The molecule has 0 amide bonds. The maximum absolute atomic E-state index is 5.92. The molecule has 0 unspecified atom stereocenters. The third kappa shape index (κ3) is 4.64. The van der Waals surface area contributed by atoms with Crippen molar-refractivity contribution in [3.63, 3.8) is 0 Å². The van der Waals surface area contributed by atoms with Gasteiger partial charge in [0.1, 0.15) is 30.3 Å². The van der Waals surface area contributed by atoms with Crippen LogP contribution in [0, 0.1) is 0 Å². The molecule has 0 bridgehead atoms. The Bertz CT molecular complexity index is 1130. The van der Waals surface area contributed by atoms with E-state index in [-0.39, 0.29) is 6.04 Å². The van der Waals surface area contributed by atoms with E-state index in [9.17, 15) is 0 Å². The van der Waals surface area contributed by atoms with Gasteiger partial charge in [-0.05, 0) is 38.2 Å². The third-order valence-corrected chi connectivity index (χ3v) is 4.49. The molecule has 1 atom stereocenters. The zero-order valence-corrected chi connectivity index (χ0v) is 17.0. The van der Waals surface area contributed by atoms with Crippen molar-refractivity contribution in [3.8, 4) is 17.4 Å². The minimum atomic E-state index is 0.259. The highest BCUT2D eigenvalue weighted by atomic mass is 16.5. The second-order valence-electron chi connectivity index (χ2n) is 6.84. The van der Waals surface area contributed by atoms with E-state index in [0.29, 0.717) is 35.6 Å². The summed E-state index contributed by atoms with van der Waals surface area (Å²) in [5, 5.41) is 11.5. The Hall–Kier alpha value is -3.72. The molecule has 9 nitrogen and oxygen atoms in total. The van der Waals surface area contributed by atoms with Crippen LogP contribution >= 0.6 is 0 Å². The lowest BCUT2D eigenvalue weighted by atomic mass is 10.2. The van der Waals surface area contributed by atoms with Crippen LogP contribution in [-0.4, -0.2) is 44.4 Å². The molecular formula is C21H23N7O2. The number of pyridine rings is 1. The van der Waals surface area contributed by atoms with Gasteiger partial charge in [-0.2, -0.15) is 5.10 Å². The summed E-state index contributed by atoms with van der Waals surface area (Å²) in [5.41, 5.74) is 0.797. The number of likely N-dealkylation sites (N-methyl/N-ethyl adjacent to an activating group) is 1. The summed E-state index contributed by atoms with van der Waals surface area (Å²) in [6.07, 6.45) is 5.03. The first-order valence-corrected chi connectivity index (χ1v) is 9.56. The van der Waals surface area contributed by atoms with Gasteiger partial charge >= 0.3 is 0 Å². The molecule has 1 aromatic carbocycles. The largest absolute Gasteiger partial charge is 0.490 e. The first kappa shape index (κ1) is 19.6. The Morgan fingerprint density at radius 3 is 2.67 bits per heavy atom. The van der Waals surface area contributed by atoms with E-state index in [1.807, 2.05) is 57.5 Å². The second-order valence-corrected chi connectivity index (χ2v) is 6.84. The monoisotopic (exact) mass is 405 g/mol. The molecule has 0 fully saturated rings. The van der Waals surface area contributed by atoms with Gasteiger partial charge in [0, 0.05) is 36.8 Å². The fourth-order valence-corrected chi connectivity index (χ4v) is 2.74. The fourth-order valence-electron chi connectivity index (χ4n) is 2.74. The molecule has 0 aliphatic carbocycles. The SMILES string of the molecule is CN[C@H](C)COc1ccc(Oc2ccc3ncnc(Nc4ccn(C)n4)c3c2)nc1. The predicted octanol–water partition coefficient (Wildman–Crippen LogP) is 3.28. The number of rotatable bonds is 8. The molecule has 30 heavy (non-hydrogen) atoms. The molecule has 9 heteroatoms. The van der Waals surface area contributed by atoms with E-state index in [2.05, 4.69) is 30.7 Å². The van der Waals surface area contributed by atoms with Crippen molar-refractivity contribution in [2.75, 3.05) is 19.0 Å². The van der Waals surface area contributed by atoms with Gasteiger partial charge in [-0.25, -0.2) is 15.0 Å². The van der Waals surface area contributed by atoms with Gasteiger partial charge in [0.15, 0.2) is 5.82 Å². The quantitative estimate of drug-likeness (QED) is 0.461. The molecule has 2 N–H and O–H groups in total. The number of nitrogens with one attached hydrogen (secondary N) is 2. The predicted molar refractivity (Wildman–Crippen MR) is 114 cm³/mol. The molecule has 0 aliphatic heterocycles. The van der Waals surface area contributed by atoms with E-state index >= 15 is 0 Å². The second kappa shape index (κ2) is 8.75. The summed E-state index contributed by atoms with van der Waals surface area (Å²) in [7, 11) is 3.76. The van der Waals surface area contributed by atoms with Gasteiger partial charge < -0.3 is 20.1 Å². The summed E-state index contributed by atoms with van der Waals surface area (Å²) in [6, 6.07) is 11.4. The number of aromatic nitrogens is 5. The van der Waals surface area contributed by atoms with Gasteiger partial charge in [0.2, 0.25) is 5.88 Å². The molecule has 3 aromatic heterocycles. The van der Waals surface area contributed by atoms with Crippen molar-refractivity contribution in [2.45, 2.75) is 13.0 Å². The Morgan fingerprint density at radius 1 is 1.07 bits per heavy atom. The Kier molecular flexibility index (Phi) is 5.71. The molecule has 4 aromatic rings. The molecule has 0 spiro atoms. The topological polar surface area (TPSA) is 99.0 Å². The summed E-state index contributed by atoms with van der Waals surface area (Å²) in [6.45, 7) is 2.61. The number of fused-ring (bicyclic) bond motifs is 1. The molecule has 3 heterocycles. The molecule has 154 valence electrons. The first-order valence-electron chi connectivity index (χ1n) is 9.56. The van der Waals surface area contributed by atoms with Gasteiger partial charge in [0.05, 0.1) is 11.7 Å². The molecule has 0 radical (unpaired) electrons. The Labute approximate surface area is 174 Å². The molecule has 0 saturated carbocycles. The molecule has 0 aliphatic rings. The first-order chi connectivity index (χ1) is 14.6. The van der Waals surface area contributed by atoms with Gasteiger partial charge in [0.25, 0.3) is 0 Å². The van der Waals surface area contributed by atoms with E-state index in [1.165, 1.54) is 6.33 Å². The zero-order chi connectivity index (χ0) is 20.9. The Balaban J connectivity index is 1.51. The van der Waals surface area contributed by atoms with Crippen LogP contribution in [-0.2, 0) is 7.05 Å². The van der Waals surface area contributed by atoms with Crippen LogP contribution in [0.15, 0.2) is 55.1 Å². The van der Waals surface area contributed by atoms with Crippen molar-refractivity contribution in [3.05, 3.63) is 55.1 Å². The highest BCUT2D eigenvalue weighted by molar-refractivity contribution is 5.91. The van der Waals surface area contributed by atoms with Crippen molar-refractivity contribution < 1.29 is 9.47 Å². The third-order valence-electron chi connectivity index (χ3n) is 4.49. The normalized spacial score (nSPS) is 12.0. The lowest BCUT2D eigenvalue weighted by Crippen LogP contribution is -2.28. The van der Waals surface area contributed by atoms with Crippen LogP contribution in [0.4, 0.5) is 11.6 Å². The summed E-state index contributed by atoms with van der Waals surface area (Å²) >= 11 is 0. The minimum absolute atomic E-state index is 0.259. The summed E-state index contributed by atoms with van der Waals surface area (Å²) < 4.78 is 13.3. The van der Waals surface area contributed by atoms with Crippen LogP contribution < -0.4 is 20.1 Å². The zero-order valence-electron chi connectivity index (χ0n) is 17.0. The smallest absolute Gasteiger partial charge is 0.219 e. The number of hydrogen-bond acceptors (Lipinski definition) is 8. The Morgan fingerprint density at radius 2 is 1.93 bits per heavy atom. The highest BCUT2D eigenvalue weighted by Gasteiger charge is 2.09. The van der Waals surface area contributed by atoms with Crippen molar-refractivity contribution in [2.24, 2.45) is 7.05 Å². The lowest BCUT2D eigenvalue weighted by Gasteiger charge is -2.12. The number of benzene rings is 1. The summed E-state index contributed by atoms with van der Waals surface area (Å²) in [4.78, 5) is 13.0. The average molecular weight is 405 g/mol. The van der Waals surface area contributed by atoms with Crippen LogP contribution in [0.3, 0.4) is 0 Å². The number of nitrogens with zero attached hydrogens (tertiary/aromatic N) is 5. The van der Waals surface area contributed by atoms with E-state index in [0.717, 1.165) is 10.9 Å². The maximum Gasteiger partial charge on any atom is 0.219 e. The van der Waals surface area contributed by atoms with Crippen LogP contribution in [0.5, 0.6) is 17.4 Å². The van der Waals surface area contributed by atoms with Crippen molar-refractivity contribution >= 4 is 22.5 Å². The van der Waals surface area contributed by atoms with Gasteiger partial charge in [-0.3, -0.25) is 4.68 Å². The fraction of sp³-hybridized carbons (Fsp3) is 0.238. The van der Waals surface area contributed by atoms with Gasteiger partial charge in [-0.1, -0.05) is 0 Å². The average Bonchev–Trinajstić information content (AvgIpc) is 3.18. The van der Waals surface area contributed by atoms with Gasteiger partial charge in [-0.15, -0.1) is 0 Å². The van der Waals surface area contributed by atoms with Crippen LogP contribution in [0.1, 0.15) is 6.92 Å². The molecule has 0 saturated heterocycles. The molecule has 4 rings (SSSR count). The van der Waals surface area contributed by atoms with Crippen LogP contribution in [0.25, 0.3) is 10.9 Å². The minimum Gasteiger partial charge on any atom is -0.490 e. The van der Waals surface area contributed by atoms with E-state index in [4.69, 9.17) is 9.47 Å². The molecular weight excluding hydrogens is 382 g/mol. The number of ether oxygens (including phenoxy) is 2. The number of anilines is 2. The van der Waals surface area contributed by atoms with E-state index in [1.54, 1.807) is 16.9 Å². The standard InChI is InChI=1S/C21H23N7O2/c1-14(22-2)12-29-16-5-7-20(23-11-16)30-15-4-6-18-17(10-15)21(25-13-24-18)26-19-8-9-28(3)27-19/h4-11,13-14,22H,12H2,1-3H3,(H,24,25,26,27)/t14-/m1/s1.